The van der Waals surface area contributed by atoms with Crippen molar-refractivity contribution in [1.29, 1.82) is 0 Å². The van der Waals surface area contributed by atoms with Gasteiger partial charge in [0.15, 0.2) is 0 Å². The number of carboxylic acids is 1. The summed E-state index contributed by atoms with van der Waals surface area (Å²) in [4.78, 5) is 33.3. The van der Waals surface area contributed by atoms with Crippen molar-refractivity contribution < 1.29 is 24.2 Å². The molecular weight excluding hydrogens is 264 g/mol. The summed E-state index contributed by atoms with van der Waals surface area (Å²) >= 11 is 0. The molecule has 0 heterocycles. The van der Waals surface area contributed by atoms with E-state index in [2.05, 4.69) is 4.74 Å². The average molecular weight is 280 g/mol. The highest BCUT2D eigenvalue weighted by atomic mass is 16.6. The minimum Gasteiger partial charge on any atom is -0.481 e. The molecule has 1 aromatic rings. The third kappa shape index (κ3) is 5.17. The third-order valence-electron chi connectivity index (χ3n) is 2.50. The highest BCUT2D eigenvalue weighted by molar-refractivity contribution is 5.92. The van der Waals surface area contributed by atoms with Crippen molar-refractivity contribution in [3.63, 3.8) is 0 Å². The lowest BCUT2D eigenvalue weighted by molar-refractivity contribution is -0.163. The van der Waals surface area contributed by atoms with E-state index < -0.39 is 36.4 Å². The summed E-state index contributed by atoms with van der Waals surface area (Å²) in [5.41, 5.74) is 11.7. The van der Waals surface area contributed by atoms with Crippen LogP contribution in [0.3, 0.4) is 0 Å². The standard InChI is InChI=1S/C13H16N2O5/c14-9(6-8-4-2-1-3-5-8)12(18)20-13(19)10(15)7-11(16)17/h1-5,9-10H,6-7,14-15H2,(H,16,17)/t9-,10-/m0/s1. The molecule has 0 aliphatic heterocycles. The Labute approximate surface area is 115 Å². The van der Waals surface area contributed by atoms with E-state index in [0.29, 0.717) is 0 Å². The van der Waals surface area contributed by atoms with Crippen molar-refractivity contribution in [1.82, 2.24) is 0 Å². The molecule has 0 aliphatic carbocycles. The number of hydrogen-bond donors (Lipinski definition) is 3. The van der Waals surface area contributed by atoms with E-state index in [1.165, 1.54) is 0 Å². The van der Waals surface area contributed by atoms with Crippen molar-refractivity contribution in [2.45, 2.75) is 24.9 Å². The van der Waals surface area contributed by atoms with Gasteiger partial charge in [0.1, 0.15) is 12.1 Å². The summed E-state index contributed by atoms with van der Waals surface area (Å²) in [5.74, 6) is -3.28. The first-order valence-corrected chi connectivity index (χ1v) is 5.92. The fourth-order valence-corrected chi connectivity index (χ4v) is 1.47. The van der Waals surface area contributed by atoms with E-state index in [9.17, 15) is 14.4 Å². The number of aliphatic carboxylic acids is 1. The SMILES string of the molecule is N[C@@H](CC(=O)O)C(=O)OC(=O)[C@@H](N)Cc1ccccc1. The Morgan fingerprint density at radius 1 is 1.05 bits per heavy atom. The summed E-state index contributed by atoms with van der Waals surface area (Å²) in [6.45, 7) is 0. The van der Waals surface area contributed by atoms with Crippen molar-refractivity contribution in [2.24, 2.45) is 11.5 Å². The Morgan fingerprint density at radius 2 is 1.60 bits per heavy atom. The summed E-state index contributed by atoms with van der Waals surface area (Å²) in [5, 5.41) is 8.47. The van der Waals surface area contributed by atoms with Crippen molar-refractivity contribution in [2.75, 3.05) is 0 Å². The Kier molecular flexibility index (Phi) is 5.82. The largest absolute Gasteiger partial charge is 0.481 e. The molecule has 20 heavy (non-hydrogen) atoms. The molecular formula is C13H16N2O5. The van der Waals surface area contributed by atoms with Gasteiger partial charge >= 0.3 is 17.9 Å². The van der Waals surface area contributed by atoms with Gasteiger partial charge in [-0.15, -0.1) is 0 Å². The molecule has 108 valence electrons. The molecule has 5 N–H and O–H groups in total. The number of benzene rings is 1. The molecule has 0 spiro atoms. The third-order valence-corrected chi connectivity index (χ3v) is 2.50. The lowest BCUT2D eigenvalue weighted by Gasteiger charge is -2.12. The van der Waals surface area contributed by atoms with Crippen LogP contribution in [0.15, 0.2) is 30.3 Å². The van der Waals surface area contributed by atoms with E-state index in [-0.39, 0.29) is 6.42 Å². The molecule has 1 rings (SSSR count). The number of ether oxygens (including phenoxy) is 1. The minimum atomic E-state index is -1.39. The number of carbonyl (C=O) groups is 3. The summed E-state index contributed by atoms with van der Waals surface area (Å²) in [6, 6.07) is 6.57. The van der Waals surface area contributed by atoms with Gasteiger partial charge in [0, 0.05) is 0 Å². The molecule has 0 fully saturated rings. The molecule has 0 bridgehead atoms. The predicted octanol–water partition coefficient (Wildman–Crippen LogP) is -0.572. The monoisotopic (exact) mass is 280 g/mol. The van der Waals surface area contributed by atoms with Crippen molar-refractivity contribution in [3.8, 4) is 0 Å². The maximum Gasteiger partial charge on any atom is 0.331 e. The highest BCUT2D eigenvalue weighted by Gasteiger charge is 2.24. The van der Waals surface area contributed by atoms with Crippen molar-refractivity contribution >= 4 is 17.9 Å². The van der Waals surface area contributed by atoms with Crippen LogP contribution < -0.4 is 11.5 Å². The second-order valence-electron chi connectivity index (χ2n) is 4.24. The molecule has 2 atom stereocenters. The first-order valence-electron chi connectivity index (χ1n) is 5.92. The van der Waals surface area contributed by atoms with Gasteiger partial charge < -0.3 is 21.3 Å². The molecule has 0 amide bonds. The van der Waals surface area contributed by atoms with E-state index in [0.717, 1.165) is 5.56 Å². The quantitative estimate of drug-likeness (QED) is 0.469. The van der Waals surface area contributed by atoms with Gasteiger partial charge in [-0.3, -0.25) is 4.79 Å². The molecule has 0 radical (unpaired) electrons. The number of rotatable bonds is 6. The Balaban J connectivity index is 2.49. The van der Waals surface area contributed by atoms with E-state index in [4.69, 9.17) is 16.6 Å². The first-order chi connectivity index (χ1) is 9.40. The van der Waals surface area contributed by atoms with E-state index >= 15 is 0 Å². The van der Waals surface area contributed by atoms with Crippen LogP contribution in [0, 0.1) is 0 Å². The lowest BCUT2D eigenvalue weighted by atomic mass is 10.1. The molecule has 0 aliphatic rings. The van der Waals surface area contributed by atoms with Gasteiger partial charge in [-0.2, -0.15) is 0 Å². The number of carboxylic acid groups (broad SMARTS) is 1. The minimum absolute atomic E-state index is 0.209. The topological polar surface area (TPSA) is 133 Å². The van der Waals surface area contributed by atoms with Crippen LogP contribution in [0.5, 0.6) is 0 Å². The molecule has 7 heteroatoms. The Morgan fingerprint density at radius 3 is 2.15 bits per heavy atom. The van der Waals surface area contributed by atoms with Gasteiger partial charge in [-0.1, -0.05) is 30.3 Å². The molecule has 0 saturated heterocycles. The normalized spacial score (nSPS) is 13.3. The molecule has 0 saturated carbocycles. The second-order valence-corrected chi connectivity index (χ2v) is 4.24. The van der Waals surface area contributed by atoms with Crippen LogP contribution in [0.1, 0.15) is 12.0 Å². The van der Waals surface area contributed by atoms with Crippen molar-refractivity contribution in [3.05, 3.63) is 35.9 Å². The Bertz CT molecular complexity index is 489. The van der Waals surface area contributed by atoms with Crippen LogP contribution in [-0.4, -0.2) is 35.1 Å². The molecule has 0 aromatic heterocycles. The fraction of sp³-hybridized carbons (Fsp3) is 0.308. The smallest absolute Gasteiger partial charge is 0.331 e. The van der Waals surface area contributed by atoms with Crippen LogP contribution in [0.2, 0.25) is 0 Å². The molecule has 1 aromatic carbocycles. The van der Waals surface area contributed by atoms with Crippen LogP contribution in [0.25, 0.3) is 0 Å². The summed E-state index contributed by atoms with van der Waals surface area (Å²) < 4.78 is 4.46. The fourth-order valence-electron chi connectivity index (χ4n) is 1.47. The zero-order chi connectivity index (χ0) is 15.1. The first kappa shape index (κ1) is 15.8. The van der Waals surface area contributed by atoms with Gasteiger partial charge in [-0.25, -0.2) is 9.59 Å². The van der Waals surface area contributed by atoms with E-state index in [1.807, 2.05) is 6.07 Å². The maximum absolute atomic E-state index is 11.6. The van der Waals surface area contributed by atoms with Crippen LogP contribution in [0.4, 0.5) is 0 Å². The number of nitrogens with two attached hydrogens (primary N) is 2. The zero-order valence-corrected chi connectivity index (χ0v) is 10.7. The molecule has 7 nitrogen and oxygen atoms in total. The van der Waals surface area contributed by atoms with Crippen LogP contribution in [-0.2, 0) is 25.5 Å². The van der Waals surface area contributed by atoms with Gasteiger partial charge in [0.05, 0.1) is 6.42 Å². The van der Waals surface area contributed by atoms with E-state index in [1.54, 1.807) is 24.3 Å². The number of carbonyl (C=O) groups excluding carboxylic acids is 2. The highest BCUT2D eigenvalue weighted by Crippen LogP contribution is 2.04. The lowest BCUT2D eigenvalue weighted by Crippen LogP contribution is -2.41. The number of esters is 2. The van der Waals surface area contributed by atoms with Gasteiger partial charge in [0.25, 0.3) is 0 Å². The average Bonchev–Trinajstić information content (AvgIpc) is 2.38. The maximum atomic E-state index is 11.6. The zero-order valence-electron chi connectivity index (χ0n) is 10.7. The van der Waals surface area contributed by atoms with Crippen LogP contribution >= 0.6 is 0 Å². The predicted molar refractivity (Wildman–Crippen MR) is 69.4 cm³/mol. The van der Waals surface area contributed by atoms with Gasteiger partial charge in [-0.05, 0) is 12.0 Å². The Hall–Kier alpha value is -2.25. The van der Waals surface area contributed by atoms with Gasteiger partial charge in [0.2, 0.25) is 0 Å². The number of hydrogen-bond acceptors (Lipinski definition) is 6. The summed E-state index contributed by atoms with van der Waals surface area (Å²) in [7, 11) is 0. The molecule has 0 unspecified atom stereocenters. The second kappa shape index (κ2) is 7.37. The summed E-state index contributed by atoms with van der Waals surface area (Å²) in [6.07, 6.45) is -0.402.